The molecule has 27 heavy (non-hydrogen) atoms. The van der Waals surface area contributed by atoms with Crippen LogP contribution in [0.2, 0.25) is 0 Å². The van der Waals surface area contributed by atoms with Gasteiger partial charge >= 0.3 is 0 Å². The number of fused-ring (bicyclic) bond motifs is 2. The number of rotatable bonds is 3. The van der Waals surface area contributed by atoms with Gasteiger partial charge in [0.15, 0.2) is 0 Å². The van der Waals surface area contributed by atoms with Crippen LogP contribution in [0.25, 0.3) is 0 Å². The Bertz CT molecular complexity index is 737. The highest BCUT2D eigenvalue weighted by atomic mass is 16.5. The standard InChI is InChI=1S/C20H30N4O3/c1-5-20(19(26)23-10-13(2)27-14(3)11-23)8-15-6-7-17(20)24(15)18(25)16-9-21-12-22(16)4/h9,12-15,17H,5-8,10-11H2,1-4H3/t13-,14+,15-,17+,20+/m0/s1. The normalized spacial score (nSPS) is 35.7. The molecule has 0 spiro atoms. The van der Waals surface area contributed by atoms with Gasteiger partial charge in [-0.05, 0) is 39.5 Å². The highest BCUT2D eigenvalue weighted by Gasteiger charge is 2.61. The van der Waals surface area contributed by atoms with Crippen molar-refractivity contribution in [2.24, 2.45) is 12.5 Å². The molecule has 4 rings (SSSR count). The number of nitrogens with zero attached hydrogens (tertiary/aromatic N) is 4. The molecule has 3 saturated heterocycles. The minimum absolute atomic E-state index is 0.00865. The molecule has 7 heteroatoms. The summed E-state index contributed by atoms with van der Waals surface area (Å²) in [7, 11) is 1.84. The van der Waals surface area contributed by atoms with Crippen LogP contribution in [0.1, 0.15) is 56.9 Å². The third-order valence-electron chi connectivity index (χ3n) is 6.77. The smallest absolute Gasteiger partial charge is 0.272 e. The summed E-state index contributed by atoms with van der Waals surface area (Å²) in [6.45, 7) is 7.41. The molecule has 0 unspecified atom stereocenters. The zero-order valence-corrected chi connectivity index (χ0v) is 16.7. The lowest BCUT2D eigenvalue weighted by molar-refractivity contribution is -0.155. The van der Waals surface area contributed by atoms with E-state index >= 15 is 0 Å². The molecular weight excluding hydrogens is 344 g/mol. The van der Waals surface area contributed by atoms with Gasteiger partial charge in [-0.15, -0.1) is 0 Å². The van der Waals surface area contributed by atoms with Crippen LogP contribution in [0.15, 0.2) is 12.5 Å². The third kappa shape index (κ3) is 2.78. The van der Waals surface area contributed by atoms with Crippen molar-refractivity contribution in [3.05, 3.63) is 18.2 Å². The van der Waals surface area contributed by atoms with Gasteiger partial charge in [0.25, 0.3) is 5.91 Å². The lowest BCUT2D eigenvalue weighted by Gasteiger charge is -2.43. The van der Waals surface area contributed by atoms with E-state index in [1.54, 1.807) is 17.1 Å². The van der Waals surface area contributed by atoms with E-state index in [2.05, 4.69) is 11.9 Å². The summed E-state index contributed by atoms with van der Waals surface area (Å²) in [5.74, 6) is 0.219. The van der Waals surface area contributed by atoms with Crippen molar-refractivity contribution in [2.75, 3.05) is 13.1 Å². The molecule has 7 nitrogen and oxygen atoms in total. The molecule has 3 aliphatic heterocycles. The number of amides is 2. The van der Waals surface area contributed by atoms with Gasteiger partial charge in [0.05, 0.1) is 30.1 Å². The van der Waals surface area contributed by atoms with E-state index in [1.807, 2.05) is 30.7 Å². The van der Waals surface area contributed by atoms with Crippen LogP contribution in [0.3, 0.4) is 0 Å². The van der Waals surface area contributed by atoms with Crippen LogP contribution in [-0.2, 0) is 16.6 Å². The lowest BCUT2D eigenvalue weighted by atomic mass is 9.70. The quantitative estimate of drug-likeness (QED) is 0.810. The fourth-order valence-electron chi connectivity index (χ4n) is 5.60. The topological polar surface area (TPSA) is 67.7 Å². The minimum atomic E-state index is -0.464. The van der Waals surface area contributed by atoms with E-state index in [9.17, 15) is 9.59 Å². The van der Waals surface area contributed by atoms with Crippen LogP contribution < -0.4 is 0 Å². The second-order valence-electron chi connectivity index (χ2n) is 8.53. The summed E-state index contributed by atoms with van der Waals surface area (Å²) in [5, 5.41) is 0. The van der Waals surface area contributed by atoms with E-state index in [1.165, 1.54) is 0 Å². The van der Waals surface area contributed by atoms with Gasteiger partial charge < -0.3 is 19.1 Å². The van der Waals surface area contributed by atoms with Gasteiger partial charge in [-0.25, -0.2) is 4.98 Å². The molecule has 5 atom stereocenters. The number of hydrogen-bond acceptors (Lipinski definition) is 4. The number of carbonyl (C=O) groups is 2. The van der Waals surface area contributed by atoms with Crippen LogP contribution >= 0.6 is 0 Å². The highest BCUT2D eigenvalue weighted by Crippen LogP contribution is 2.53. The molecule has 0 aliphatic carbocycles. The molecule has 2 bridgehead atoms. The van der Waals surface area contributed by atoms with Crippen molar-refractivity contribution < 1.29 is 14.3 Å². The van der Waals surface area contributed by atoms with Crippen LogP contribution in [0.4, 0.5) is 0 Å². The predicted molar refractivity (Wildman–Crippen MR) is 100 cm³/mol. The first-order valence-electron chi connectivity index (χ1n) is 10.1. The number of imidazole rings is 1. The maximum atomic E-state index is 13.7. The Morgan fingerprint density at radius 2 is 1.96 bits per heavy atom. The molecule has 0 aromatic carbocycles. The fourth-order valence-corrected chi connectivity index (χ4v) is 5.60. The average Bonchev–Trinajstić information content (AvgIpc) is 3.32. The molecule has 0 radical (unpaired) electrons. The molecular formula is C20H30N4O3. The Morgan fingerprint density at radius 1 is 1.26 bits per heavy atom. The summed E-state index contributed by atoms with van der Waals surface area (Å²) in [6.07, 6.45) is 6.82. The summed E-state index contributed by atoms with van der Waals surface area (Å²) in [5.41, 5.74) is 0.133. The molecule has 3 fully saturated rings. The van der Waals surface area contributed by atoms with E-state index in [0.29, 0.717) is 18.8 Å². The van der Waals surface area contributed by atoms with Crippen molar-refractivity contribution >= 4 is 11.8 Å². The Hall–Kier alpha value is -1.89. The first-order chi connectivity index (χ1) is 12.9. The Morgan fingerprint density at radius 3 is 2.56 bits per heavy atom. The maximum Gasteiger partial charge on any atom is 0.272 e. The number of morpholine rings is 1. The Kier molecular flexibility index (Phi) is 4.53. The third-order valence-corrected chi connectivity index (χ3v) is 6.77. The van der Waals surface area contributed by atoms with E-state index < -0.39 is 5.41 Å². The molecule has 3 aliphatic rings. The molecule has 0 saturated carbocycles. The zero-order chi connectivity index (χ0) is 19.3. The van der Waals surface area contributed by atoms with Gasteiger partial charge in [0.2, 0.25) is 5.91 Å². The number of aryl methyl sites for hydroxylation is 1. The molecule has 2 amide bonds. The molecule has 1 aromatic heterocycles. The molecule has 4 heterocycles. The van der Waals surface area contributed by atoms with E-state index in [-0.39, 0.29) is 36.1 Å². The molecule has 1 aromatic rings. The van der Waals surface area contributed by atoms with E-state index in [4.69, 9.17) is 4.74 Å². The van der Waals surface area contributed by atoms with Gasteiger partial charge in [-0.1, -0.05) is 6.92 Å². The summed E-state index contributed by atoms with van der Waals surface area (Å²) in [6, 6.07) is 0.132. The van der Waals surface area contributed by atoms with Crippen LogP contribution in [-0.4, -0.2) is 68.5 Å². The second-order valence-corrected chi connectivity index (χ2v) is 8.53. The number of ether oxygens (including phenoxy) is 1. The number of hydrogen-bond donors (Lipinski definition) is 0. The molecule has 0 N–H and O–H groups in total. The molecule has 148 valence electrons. The number of carbonyl (C=O) groups excluding carboxylic acids is 2. The zero-order valence-electron chi connectivity index (χ0n) is 16.7. The van der Waals surface area contributed by atoms with Crippen molar-refractivity contribution in [1.82, 2.24) is 19.4 Å². The van der Waals surface area contributed by atoms with Gasteiger partial charge in [-0.3, -0.25) is 9.59 Å². The van der Waals surface area contributed by atoms with Crippen molar-refractivity contribution in [1.29, 1.82) is 0 Å². The average molecular weight is 374 g/mol. The summed E-state index contributed by atoms with van der Waals surface area (Å²) in [4.78, 5) is 35.0. The first-order valence-corrected chi connectivity index (χ1v) is 10.1. The fraction of sp³-hybridized carbons (Fsp3) is 0.750. The largest absolute Gasteiger partial charge is 0.372 e. The Balaban J connectivity index is 1.61. The summed E-state index contributed by atoms with van der Waals surface area (Å²) >= 11 is 0. The maximum absolute atomic E-state index is 13.7. The lowest BCUT2D eigenvalue weighted by Crippen LogP contribution is -2.56. The SMILES string of the molecule is CC[C@@]1(C(=O)N2C[C@@H](C)O[C@@H](C)C2)C[C@@H]2CC[C@H]1N2C(=O)c1cncn1C. The predicted octanol–water partition coefficient (Wildman–Crippen LogP) is 1.83. The van der Waals surface area contributed by atoms with Gasteiger partial charge in [0.1, 0.15) is 5.69 Å². The Labute approximate surface area is 160 Å². The highest BCUT2D eigenvalue weighted by molar-refractivity contribution is 5.95. The van der Waals surface area contributed by atoms with Crippen molar-refractivity contribution in [3.63, 3.8) is 0 Å². The van der Waals surface area contributed by atoms with Crippen molar-refractivity contribution in [3.8, 4) is 0 Å². The van der Waals surface area contributed by atoms with Gasteiger partial charge in [-0.2, -0.15) is 0 Å². The first kappa shape index (κ1) is 18.5. The van der Waals surface area contributed by atoms with Crippen molar-refractivity contribution in [2.45, 2.75) is 70.7 Å². The second kappa shape index (κ2) is 6.62. The number of aromatic nitrogens is 2. The monoisotopic (exact) mass is 374 g/mol. The van der Waals surface area contributed by atoms with Gasteiger partial charge in [0, 0.05) is 32.2 Å². The summed E-state index contributed by atoms with van der Waals surface area (Å²) < 4.78 is 7.58. The van der Waals surface area contributed by atoms with E-state index in [0.717, 1.165) is 25.7 Å². The van der Waals surface area contributed by atoms with Crippen LogP contribution in [0.5, 0.6) is 0 Å². The van der Waals surface area contributed by atoms with Crippen LogP contribution in [0, 0.1) is 5.41 Å². The minimum Gasteiger partial charge on any atom is -0.372 e.